The van der Waals surface area contributed by atoms with E-state index in [1.165, 1.54) is 37.8 Å². The molecule has 0 bridgehead atoms. The van der Waals surface area contributed by atoms with Crippen molar-refractivity contribution in [2.75, 3.05) is 0 Å². The van der Waals surface area contributed by atoms with Crippen LogP contribution in [0.15, 0.2) is 5.10 Å². The molecule has 1 aliphatic rings. The number of nitrogens with one attached hydrogen (secondary N) is 1. The Bertz CT molecular complexity index is 264. The predicted octanol–water partition coefficient (Wildman–Crippen LogP) is 4.03. The van der Waals surface area contributed by atoms with E-state index < -0.39 is 0 Å². The quantitative estimate of drug-likeness (QED) is 0.539. The number of carbonyl (C=O) groups is 1. The summed E-state index contributed by atoms with van der Waals surface area (Å²) in [6.07, 6.45) is 11.1. The van der Waals surface area contributed by atoms with Crippen LogP contribution in [-0.4, -0.2) is 11.6 Å². The van der Waals surface area contributed by atoms with Crippen LogP contribution in [0.5, 0.6) is 0 Å². The maximum Gasteiger partial charge on any atom is 0.240 e. The third-order valence-corrected chi connectivity index (χ3v) is 3.70. The lowest BCUT2D eigenvalue weighted by Crippen LogP contribution is -2.21. The Morgan fingerprint density at radius 2 is 1.89 bits per heavy atom. The van der Waals surface area contributed by atoms with Crippen LogP contribution in [0, 0.1) is 5.92 Å². The molecule has 0 aliphatic heterocycles. The second kappa shape index (κ2) is 9.12. The van der Waals surface area contributed by atoms with Crippen LogP contribution in [-0.2, 0) is 4.79 Å². The molecular formula is C15H28N2O. The lowest BCUT2D eigenvalue weighted by Gasteiger charge is -2.18. The normalized spacial score (nSPS) is 19.7. The number of amides is 1. The van der Waals surface area contributed by atoms with Gasteiger partial charge in [-0.1, -0.05) is 39.5 Å². The molecule has 0 unspecified atom stereocenters. The first kappa shape index (κ1) is 15.2. The van der Waals surface area contributed by atoms with Gasteiger partial charge in [0, 0.05) is 12.1 Å². The van der Waals surface area contributed by atoms with Crippen molar-refractivity contribution in [3.63, 3.8) is 0 Å². The van der Waals surface area contributed by atoms with Crippen LogP contribution in [0.25, 0.3) is 0 Å². The Hall–Kier alpha value is -0.860. The largest absolute Gasteiger partial charge is 0.273 e. The van der Waals surface area contributed by atoms with Gasteiger partial charge in [0.15, 0.2) is 0 Å². The van der Waals surface area contributed by atoms with E-state index in [1.807, 2.05) is 0 Å². The molecule has 0 aromatic heterocycles. The third kappa shape index (κ3) is 6.77. The van der Waals surface area contributed by atoms with Crippen molar-refractivity contribution in [3.8, 4) is 0 Å². The molecule has 1 fully saturated rings. The fourth-order valence-electron chi connectivity index (χ4n) is 2.29. The number of rotatable bonds is 7. The van der Waals surface area contributed by atoms with Gasteiger partial charge >= 0.3 is 0 Å². The smallest absolute Gasteiger partial charge is 0.240 e. The van der Waals surface area contributed by atoms with Crippen LogP contribution >= 0.6 is 0 Å². The summed E-state index contributed by atoms with van der Waals surface area (Å²) in [5.41, 5.74) is 3.88. The second-order valence-electron chi connectivity index (χ2n) is 5.56. The monoisotopic (exact) mass is 252 g/mol. The van der Waals surface area contributed by atoms with Gasteiger partial charge in [-0.2, -0.15) is 5.10 Å². The summed E-state index contributed by atoms with van der Waals surface area (Å²) in [7, 11) is 0. The average molecular weight is 252 g/mol. The van der Waals surface area contributed by atoms with E-state index in [0.29, 0.717) is 6.42 Å². The average Bonchev–Trinajstić information content (AvgIpc) is 2.38. The maximum absolute atomic E-state index is 11.6. The standard InChI is InChI=1S/C15H28N2O/c1-3-4-5-6-7-8-15(18)17-16-14-11-9-13(2)10-12-14/h13H,3-12H2,1-2H3,(H,17,18). The zero-order valence-electron chi connectivity index (χ0n) is 12.0. The minimum Gasteiger partial charge on any atom is -0.273 e. The summed E-state index contributed by atoms with van der Waals surface area (Å²) in [5.74, 6) is 0.899. The Morgan fingerprint density at radius 1 is 1.22 bits per heavy atom. The number of nitrogens with zero attached hydrogens (tertiary/aromatic N) is 1. The van der Waals surface area contributed by atoms with Crippen molar-refractivity contribution >= 4 is 11.6 Å². The predicted molar refractivity (Wildman–Crippen MR) is 76.6 cm³/mol. The van der Waals surface area contributed by atoms with Crippen molar-refractivity contribution < 1.29 is 4.79 Å². The van der Waals surface area contributed by atoms with E-state index in [9.17, 15) is 4.79 Å². The second-order valence-corrected chi connectivity index (χ2v) is 5.56. The molecule has 1 rings (SSSR count). The Balaban J connectivity index is 2.07. The molecule has 0 aromatic carbocycles. The van der Waals surface area contributed by atoms with Gasteiger partial charge in [0.2, 0.25) is 5.91 Å². The molecule has 0 saturated heterocycles. The van der Waals surface area contributed by atoms with E-state index in [-0.39, 0.29) is 5.91 Å². The summed E-state index contributed by atoms with van der Waals surface area (Å²) in [4.78, 5) is 11.6. The van der Waals surface area contributed by atoms with E-state index in [4.69, 9.17) is 0 Å². The van der Waals surface area contributed by atoms with Crippen LogP contribution < -0.4 is 5.43 Å². The lowest BCUT2D eigenvalue weighted by molar-refractivity contribution is -0.121. The van der Waals surface area contributed by atoms with Crippen LogP contribution in [0.1, 0.15) is 78.1 Å². The fourth-order valence-corrected chi connectivity index (χ4v) is 2.29. The van der Waals surface area contributed by atoms with Gasteiger partial charge in [0.25, 0.3) is 0 Å². The molecule has 1 amide bonds. The number of unbranched alkanes of at least 4 members (excludes halogenated alkanes) is 4. The van der Waals surface area contributed by atoms with Gasteiger partial charge in [-0.05, 0) is 38.0 Å². The molecule has 1 aliphatic carbocycles. The first-order chi connectivity index (χ1) is 8.72. The molecule has 18 heavy (non-hydrogen) atoms. The van der Waals surface area contributed by atoms with Gasteiger partial charge in [0.1, 0.15) is 0 Å². The molecule has 1 saturated carbocycles. The summed E-state index contributed by atoms with van der Waals surface area (Å²) >= 11 is 0. The van der Waals surface area contributed by atoms with Crippen molar-refractivity contribution in [2.24, 2.45) is 11.0 Å². The molecule has 3 nitrogen and oxygen atoms in total. The van der Waals surface area contributed by atoms with Gasteiger partial charge in [0.05, 0.1) is 0 Å². The highest BCUT2D eigenvalue weighted by Gasteiger charge is 2.13. The first-order valence-corrected chi connectivity index (χ1v) is 7.56. The van der Waals surface area contributed by atoms with E-state index in [0.717, 1.165) is 31.6 Å². The zero-order valence-corrected chi connectivity index (χ0v) is 12.0. The molecular weight excluding hydrogens is 224 g/mol. The van der Waals surface area contributed by atoms with E-state index in [2.05, 4.69) is 24.4 Å². The number of carbonyl (C=O) groups excluding carboxylic acids is 1. The van der Waals surface area contributed by atoms with Crippen molar-refractivity contribution in [1.29, 1.82) is 0 Å². The van der Waals surface area contributed by atoms with Crippen LogP contribution in [0.4, 0.5) is 0 Å². The third-order valence-electron chi connectivity index (χ3n) is 3.70. The van der Waals surface area contributed by atoms with Gasteiger partial charge < -0.3 is 0 Å². The van der Waals surface area contributed by atoms with Crippen molar-refractivity contribution in [2.45, 2.75) is 78.1 Å². The summed E-state index contributed by atoms with van der Waals surface area (Å²) in [5, 5.41) is 4.25. The molecule has 0 radical (unpaired) electrons. The maximum atomic E-state index is 11.6. The number of hydrogen-bond donors (Lipinski definition) is 1. The lowest BCUT2D eigenvalue weighted by atomic mass is 9.90. The highest BCUT2D eigenvalue weighted by atomic mass is 16.2. The Labute approximate surface area is 111 Å². The highest BCUT2D eigenvalue weighted by molar-refractivity contribution is 5.86. The summed E-state index contributed by atoms with van der Waals surface area (Å²) in [6.45, 7) is 4.49. The summed E-state index contributed by atoms with van der Waals surface area (Å²) < 4.78 is 0. The van der Waals surface area contributed by atoms with Crippen LogP contribution in [0.2, 0.25) is 0 Å². The summed E-state index contributed by atoms with van der Waals surface area (Å²) in [6, 6.07) is 0. The van der Waals surface area contributed by atoms with E-state index in [1.54, 1.807) is 0 Å². The number of hydrogen-bond acceptors (Lipinski definition) is 2. The Kier molecular flexibility index (Phi) is 7.70. The van der Waals surface area contributed by atoms with Gasteiger partial charge in [-0.15, -0.1) is 0 Å². The molecule has 104 valence electrons. The highest BCUT2D eigenvalue weighted by Crippen LogP contribution is 2.20. The molecule has 0 aromatic rings. The molecule has 0 spiro atoms. The molecule has 0 heterocycles. The minimum atomic E-state index is 0.0811. The Morgan fingerprint density at radius 3 is 2.56 bits per heavy atom. The molecule has 3 heteroatoms. The topological polar surface area (TPSA) is 41.5 Å². The van der Waals surface area contributed by atoms with E-state index >= 15 is 0 Å². The van der Waals surface area contributed by atoms with Gasteiger partial charge in [-0.3, -0.25) is 4.79 Å². The molecule has 1 N–H and O–H groups in total. The fraction of sp³-hybridized carbons (Fsp3) is 0.867. The van der Waals surface area contributed by atoms with Crippen molar-refractivity contribution in [3.05, 3.63) is 0 Å². The van der Waals surface area contributed by atoms with Crippen molar-refractivity contribution in [1.82, 2.24) is 5.43 Å². The number of hydrazone groups is 1. The van der Waals surface area contributed by atoms with Gasteiger partial charge in [-0.25, -0.2) is 5.43 Å². The SMILES string of the molecule is CCCCCCCC(=O)NN=C1CCC(C)CC1. The zero-order chi connectivity index (χ0) is 13.2. The van der Waals surface area contributed by atoms with Crippen LogP contribution in [0.3, 0.4) is 0 Å². The minimum absolute atomic E-state index is 0.0811. The molecule has 0 atom stereocenters. The first-order valence-electron chi connectivity index (χ1n) is 7.56.